The molecule has 0 bridgehead atoms. The minimum atomic E-state index is -0.599. The van der Waals surface area contributed by atoms with Gasteiger partial charge in [0.05, 0.1) is 17.3 Å². The molecule has 0 fully saturated rings. The number of pyridine rings is 1. The molecule has 1 heterocycles. The molecule has 7 heteroatoms. The van der Waals surface area contributed by atoms with E-state index in [2.05, 4.69) is 15.6 Å². The minimum absolute atomic E-state index is 0.175. The third-order valence-corrected chi connectivity index (χ3v) is 3.61. The number of carbonyl (C=O) groups is 1. The van der Waals surface area contributed by atoms with E-state index in [0.29, 0.717) is 17.9 Å². The fourth-order valence-corrected chi connectivity index (χ4v) is 2.30. The molecule has 0 spiro atoms. The number of nitriles is 1. The number of aromatic hydroxyl groups is 1. The summed E-state index contributed by atoms with van der Waals surface area (Å²) in [5.74, 6) is 0.463. The van der Waals surface area contributed by atoms with Gasteiger partial charge in [-0.2, -0.15) is 5.26 Å². The van der Waals surface area contributed by atoms with Crippen molar-refractivity contribution in [1.82, 2.24) is 4.98 Å². The second-order valence-electron chi connectivity index (χ2n) is 5.55. The first kappa shape index (κ1) is 17.8. The normalized spacial score (nSPS) is 9.89. The number of rotatable bonds is 5. The molecule has 3 N–H and O–H groups in total. The molecule has 0 aliphatic heterocycles. The number of benzene rings is 2. The summed E-state index contributed by atoms with van der Waals surface area (Å²) in [5, 5.41) is 23.8. The number of hydrogen-bond acceptors (Lipinski definition) is 5. The number of phenols is 1. The van der Waals surface area contributed by atoms with Gasteiger partial charge in [-0.25, -0.2) is 9.78 Å². The van der Waals surface area contributed by atoms with E-state index in [9.17, 15) is 9.90 Å². The second kappa shape index (κ2) is 8.36. The Morgan fingerprint density at radius 1 is 1.11 bits per heavy atom. The van der Waals surface area contributed by atoms with Crippen LogP contribution in [0.15, 0.2) is 66.9 Å². The summed E-state index contributed by atoms with van der Waals surface area (Å²) in [6, 6.07) is 18.5. The van der Waals surface area contributed by atoms with Crippen LogP contribution in [0, 0.1) is 11.3 Å². The lowest BCUT2D eigenvalue weighted by molar-refractivity contribution is 0.261. The summed E-state index contributed by atoms with van der Waals surface area (Å²) < 4.78 is 5.74. The Bertz CT molecular complexity index is 984. The van der Waals surface area contributed by atoms with Gasteiger partial charge in [-0.05, 0) is 35.9 Å². The predicted octanol–water partition coefficient (Wildman–Crippen LogP) is 3.88. The van der Waals surface area contributed by atoms with E-state index >= 15 is 0 Å². The van der Waals surface area contributed by atoms with Crippen LogP contribution < -0.4 is 15.4 Å². The predicted molar refractivity (Wildman–Crippen MR) is 100 cm³/mol. The van der Waals surface area contributed by atoms with Gasteiger partial charge in [0.25, 0.3) is 0 Å². The first-order valence-corrected chi connectivity index (χ1v) is 8.08. The van der Waals surface area contributed by atoms with Gasteiger partial charge >= 0.3 is 6.03 Å². The lowest BCUT2D eigenvalue weighted by Crippen LogP contribution is -2.20. The van der Waals surface area contributed by atoms with Crippen molar-refractivity contribution in [3.63, 3.8) is 0 Å². The number of urea groups is 1. The number of phenolic OH excluding ortho intramolecular Hbond substituents is 1. The highest BCUT2D eigenvalue weighted by Crippen LogP contribution is 2.25. The largest absolute Gasteiger partial charge is 0.506 e. The van der Waals surface area contributed by atoms with Crippen molar-refractivity contribution in [3.05, 3.63) is 78.0 Å². The van der Waals surface area contributed by atoms with Crippen LogP contribution in [0.5, 0.6) is 11.5 Å². The molecule has 3 aromatic rings. The van der Waals surface area contributed by atoms with Gasteiger partial charge in [-0.1, -0.05) is 30.3 Å². The molecule has 0 aliphatic carbocycles. The lowest BCUT2D eigenvalue weighted by Gasteiger charge is -2.12. The summed E-state index contributed by atoms with van der Waals surface area (Å²) >= 11 is 0. The van der Waals surface area contributed by atoms with Crippen molar-refractivity contribution in [1.29, 1.82) is 5.26 Å². The third-order valence-electron chi connectivity index (χ3n) is 3.61. The van der Waals surface area contributed by atoms with Crippen LogP contribution in [-0.4, -0.2) is 16.1 Å². The Kier molecular flexibility index (Phi) is 5.50. The summed E-state index contributed by atoms with van der Waals surface area (Å²) in [6.45, 7) is 0.333. The fraction of sp³-hybridized carbons (Fsp3) is 0.0500. The van der Waals surface area contributed by atoms with Crippen LogP contribution in [0.1, 0.15) is 11.1 Å². The molecule has 1 aromatic heterocycles. The van der Waals surface area contributed by atoms with E-state index in [1.54, 1.807) is 12.1 Å². The number of nitrogens with zero attached hydrogens (tertiary/aromatic N) is 2. The molecule has 0 saturated heterocycles. The van der Waals surface area contributed by atoms with Gasteiger partial charge in [0, 0.05) is 6.20 Å². The van der Waals surface area contributed by atoms with Gasteiger partial charge < -0.3 is 15.2 Å². The van der Waals surface area contributed by atoms with E-state index in [1.807, 2.05) is 36.4 Å². The molecule has 3 rings (SSSR count). The van der Waals surface area contributed by atoms with Crippen molar-refractivity contribution in [2.24, 2.45) is 0 Å². The summed E-state index contributed by atoms with van der Waals surface area (Å²) in [5.41, 5.74) is 1.45. The summed E-state index contributed by atoms with van der Waals surface area (Å²) in [6.07, 6.45) is 1.53. The molecule has 7 nitrogen and oxygen atoms in total. The van der Waals surface area contributed by atoms with Crippen molar-refractivity contribution in [2.75, 3.05) is 10.6 Å². The summed E-state index contributed by atoms with van der Waals surface area (Å²) in [7, 11) is 0. The molecule has 0 radical (unpaired) electrons. The molecule has 27 heavy (non-hydrogen) atoms. The van der Waals surface area contributed by atoms with Crippen molar-refractivity contribution in [3.8, 4) is 17.6 Å². The fourth-order valence-electron chi connectivity index (χ4n) is 2.30. The molecule has 2 amide bonds. The molecular weight excluding hydrogens is 344 g/mol. The molecule has 0 unspecified atom stereocenters. The number of amides is 2. The van der Waals surface area contributed by atoms with Crippen LogP contribution in [0.2, 0.25) is 0 Å². The Morgan fingerprint density at radius 2 is 1.93 bits per heavy atom. The third kappa shape index (κ3) is 4.74. The Hall–Kier alpha value is -4.05. The van der Waals surface area contributed by atoms with Crippen molar-refractivity contribution in [2.45, 2.75) is 6.61 Å². The average molecular weight is 360 g/mol. The van der Waals surface area contributed by atoms with E-state index in [-0.39, 0.29) is 17.3 Å². The van der Waals surface area contributed by atoms with Gasteiger partial charge in [0.2, 0.25) is 0 Å². The number of aromatic nitrogens is 1. The van der Waals surface area contributed by atoms with E-state index in [1.165, 1.54) is 24.4 Å². The second-order valence-corrected chi connectivity index (χ2v) is 5.55. The highest BCUT2D eigenvalue weighted by molar-refractivity contribution is 6.00. The number of nitrogens with one attached hydrogen (secondary N) is 2. The van der Waals surface area contributed by atoms with Crippen LogP contribution in [-0.2, 0) is 6.61 Å². The first-order chi connectivity index (χ1) is 13.2. The van der Waals surface area contributed by atoms with Gasteiger partial charge in [0.15, 0.2) is 11.6 Å². The Labute approximate surface area is 155 Å². The zero-order valence-electron chi connectivity index (χ0n) is 14.2. The maximum atomic E-state index is 12.2. The zero-order valence-corrected chi connectivity index (χ0v) is 14.2. The van der Waals surface area contributed by atoms with Gasteiger partial charge in [-0.15, -0.1) is 0 Å². The molecule has 134 valence electrons. The van der Waals surface area contributed by atoms with E-state index < -0.39 is 6.03 Å². The Morgan fingerprint density at radius 3 is 2.67 bits per heavy atom. The lowest BCUT2D eigenvalue weighted by atomic mass is 10.2. The van der Waals surface area contributed by atoms with Crippen molar-refractivity contribution < 1.29 is 14.6 Å². The number of hydrogen-bond donors (Lipinski definition) is 3. The number of carbonyl (C=O) groups excluding carboxylic acids is 1. The first-order valence-electron chi connectivity index (χ1n) is 8.08. The Balaban J connectivity index is 1.67. The molecule has 0 atom stereocenters. The monoisotopic (exact) mass is 360 g/mol. The van der Waals surface area contributed by atoms with E-state index in [0.717, 1.165) is 5.56 Å². The highest BCUT2D eigenvalue weighted by Gasteiger charge is 2.11. The average Bonchev–Trinajstić information content (AvgIpc) is 2.69. The maximum Gasteiger partial charge on any atom is 0.325 e. The standard InChI is InChI=1S/C20H16N4O3/c21-12-15-8-9-16(17(25)11-15)23-20(26)24-19-18(7-4-10-22-19)27-13-14-5-2-1-3-6-14/h1-11,25H,13H2,(H2,22,23,24,26). The topological polar surface area (TPSA) is 107 Å². The zero-order chi connectivity index (χ0) is 19.1. The SMILES string of the molecule is N#Cc1ccc(NC(=O)Nc2ncccc2OCc2ccccc2)c(O)c1. The summed E-state index contributed by atoms with van der Waals surface area (Å²) in [4.78, 5) is 16.3. The van der Waals surface area contributed by atoms with Gasteiger partial charge in [0.1, 0.15) is 12.4 Å². The van der Waals surface area contributed by atoms with E-state index in [4.69, 9.17) is 10.00 Å². The molecule has 0 aliphatic rings. The van der Waals surface area contributed by atoms with Crippen LogP contribution in [0.4, 0.5) is 16.3 Å². The van der Waals surface area contributed by atoms with Crippen LogP contribution in [0.25, 0.3) is 0 Å². The minimum Gasteiger partial charge on any atom is -0.506 e. The quantitative estimate of drug-likeness (QED) is 0.599. The van der Waals surface area contributed by atoms with Crippen molar-refractivity contribution >= 4 is 17.5 Å². The highest BCUT2D eigenvalue weighted by atomic mass is 16.5. The maximum absolute atomic E-state index is 12.2. The smallest absolute Gasteiger partial charge is 0.325 e. The molecule has 2 aromatic carbocycles. The number of anilines is 2. The van der Waals surface area contributed by atoms with Crippen LogP contribution >= 0.6 is 0 Å². The van der Waals surface area contributed by atoms with Gasteiger partial charge in [-0.3, -0.25) is 5.32 Å². The number of ether oxygens (including phenoxy) is 1. The molecular formula is C20H16N4O3. The molecule has 0 saturated carbocycles. The van der Waals surface area contributed by atoms with Crippen LogP contribution in [0.3, 0.4) is 0 Å².